The molecule has 0 saturated carbocycles. The molecule has 0 aliphatic heterocycles. The molecule has 0 fully saturated rings. The molecule has 2 aromatic rings. The first-order valence-corrected chi connectivity index (χ1v) is 9.17. The molecule has 7 heteroatoms. The molecule has 0 bridgehead atoms. The SMILES string of the molecule is Cc1nc2cc(C(=N)N)ccc2n1P(P)P. The van der Waals surface area contributed by atoms with Gasteiger partial charge in [-0.2, -0.15) is 0 Å². The molecule has 3 N–H and O–H groups in total. The highest BCUT2D eigenvalue weighted by atomic mass is 32.4. The van der Waals surface area contributed by atoms with Crippen molar-refractivity contribution >= 4 is 42.2 Å². The molecule has 0 radical (unpaired) electrons. The molecule has 0 spiro atoms. The van der Waals surface area contributed by atoms with Crippen molar-refractivity contribution in [2.45, 2.75) is 6.92 Å². The number of nitrogens with two attached hydrogens (primary N) is 1. The van der Waals surface area contributed by atoms with Crippen LogP contribution in [-0.2, 0) is 0 Å². The van der Waals surface area contributed by atoms with Crippen molar-refractivity contribution in [3.05, 3.63) is 29.6 Å². The van der Waals surface area contributed by atoms with Crippen molar-refractivity contribution in [3.8, 4) is 0 Å². The second kappa shape index (κ2) is 4.37. The van der Waals surface area contributed by atoms with E-state index < -0.39 is 7.45 Å². The average Bonchev–Trinajstić information content (AvgIpc) is 2.51. The molecule has 1 aromatic heterocycles. The lowest BCUT2D eigenvalue weighted by Crippen LogP contribution is -2.10. The number of fused-ring (bicyclic) bond motifs is 1. The number of benzene rings is 1. The minimum atomic E-state index is -0.402. The Morgan fingerprint density at radius 3 is 2.75 bits per heavy atom. The predicted octanol–water partition coefficient (Wildman–Crippen LogP) is 2.45. The number of nitrogen functional groups attached to an aromatic ring is 1. The summed E-state index contributed by atoms with van der Waals surface area (Å²) in [6.07, 6.45) is 0. The molecule has 0 aliphatic carbocycles. The van der Waals surface area contributed by atoms with Gasteiger partial charge in [0, 0.05) is 13.0 Å². The molecular weight excluding hydrogens is 257 g/mol. The Hall–Kier alpha value is -0.550. The summed E-state index contributed by atoms with van der Waals surface area (Å²) in [5.74, 6) is 1.06. The van der Waals surface area contributed by atoms with Crippen molar-refractivity contribution in [2.75, 3.05) is 0 Å². The van der Waals surface area contributed by atoms with Gasteiger partial charge in [-0.1, -0.05) is 17.9 Å². The van der Waals surface area contributed by atoms with Crippen LogP contribution in [-0.4, -0.2) is 15.2 Å². The highest BCUT2D eigenvalue weighted by Gasteiger charge is 2.11. The molecule has 84 valence electrons. The predicted molar refractivity (Wildman–Crippen MR) is 77.2 cm³/mol. The smallest absolute Gasteiger partial charge is 0.122 e. The van der Waals surface area contributed by atoms with E-state index in [9.17, 15) is 0 Å². The summed E-state index contributed by atoms with van der Waals surface area (Å²) in [7, 11) is 5.17. The summed E-state index contributed by atoms with van der Waals surface area (Å²) < 4.78 is 2.17. The lowest BCUT2D eigenvalue weighted by atomic mass is 10.2. The zero-order chi connectivity index (χ0) is 11.9. The lowest BCUT2D eigenvalue weighted by Gasteiger charge is -2.10. The van der Waals surface area contributed by atoms with E-state index in [2.05, 4.69) is 27.2 Å². The first kappa shape index (κ1) is 11.9. The zero-order valence-electron chi connectivity index (χ0n) is 8.81. The Morgan fingerprint density at radius 1 is 1.50 bits per heavy atom. The number of rotatable bonds is 2. The number of aryl methyl sites for hydroxylation is 1. The quantitative estimate of drug-likeness (QED) is 0.500. The molecule has 0 aliphatic rings. The molecule has 0 saturated heterocycles. The minimum Gasteiger partial charge on any atom is -0.384 e. The molecule has 2 atom stereocenters. The van der Waals surface area contributed by atoms with Crippen LogP contribution in [0.1, 0.15) is 11.4 Å². The van der Waals surface area contributed by atoms with Gasteiger partial charge >= 0.3 is 0 Å². The molecule has 4 nitrogen and oxygen atoms in total. The van der Waals surface area contributed by atoms with Crippen molar-refractivity contribution < 1.29 is 0 Å². The largest absolute Gasteiger partial charge is 0.384 e. The van der Waals surface area contributed by atoms with Gasteiger partial charge in [0.1, 0.15) is 11.7 Å². The van der Waals surface area contributed by atoms with Gasteiger partial charge in [-0.15, -0.1) is 0 Å². The highest BCUT2D eigenvalue weighted by molar-refractivity contribution is 8.42. The van der Waals surface area contributed by atoms with E-state index in [0.717, 1.165) is 16.9 Å². The normalized spacial score (nSPS) is 11.2. The summed E-state index contributed by atoms with van der Waals surface area (Å²) in [4.78, 5) is 4.48. The van der Waals surface area contributed by atoms with Crippen LogP contribution in [0.15, 0.2) is 18.2 Å². The summed E-state index contributed by atoms with van der Waals surface area (Å²) in [5.41, 5.74) is 8.14. The average molecular weight is 270 g/mol. The Bertz CT molecular complexity index is 561. The number of nitrogens with one attached hydrogen (secondary N) is 1. The second-order valence-corrected chi connectivity index (χ2v) is 9.59. The molecule has 0 amide bonds. The van der Waals surface area contributed by atoms with E-state index in [1.807, 2.05) is 25.1 Å². The van der Waals surface area contributed by atoms with Gasteiger partial charge in [0.05, 0.1) is 11.0 Å². The third kappa shape index (κ3) is 1.98. The van der Waals surface area contributed by atoms with Gasteiger partial charge in [0.2, 0.25) is 0 Å². The molecule has 1 aromatic carbocycles. The van der Waals surface area contributed by atoms with Crippen LogP contribution < -0.4 is 5.73 Å². The fourth-order valence-electron chi connectivity index (χ4n) is 1.65. The van der Waals surface area contributed by atoms with Crippen LogP contribution in [0.4, 0.5) is 0 Å². The number of hydrogen-bond donors (Lipinski definition) is 2. The Kier molecular flexibility index (Phi) is 3.26. The summed E-state index contributed by atoms with van der Waals surface area (Å²) >= 11 is 0. The molecule has 2 rings (SSSR count). The number of imidazole rings is 1. The number of aromatic nitrogens is 2. The molecule has 1 heterocycles. The van der Waals surface area contributed by atoms with E-state index >= 15 is 0 Å². The topological polar surface area (TPSA) is 67.7 Å². The van der Waals surface area contributed by atoms with E-state index in [4.69, 9.17) is 11.1 Å². The number of nitrogens with zero attached hydrogens (tertiary/aromatic N) is 2. The molecule has 16 heavy (non-hydrogen) atoms. The van der Waals surface area contributed by atoms with Crippen molar-refractivity contribution in [1.29, 1.82) is 5.41 Å². The Labute approximate surface area is 99.5 Å². The maximum Gasteiger partial charge on any atom is 0.122 e. The van der Waals surface area contributed by atoms with Crippen molar-refractivity contribution in [3.63, 3.8) is 0 Å². The number of amidine groups is 1. The standard InChI is InChI=1S/C9H13N4P3/c1-5-12-7-4-6(9(10)11)2-3-8(7)13(5)16(14)15/h2-4H,14-15H2,1H3,(H3,10,11). The van der Waals surface area contributed by atoms with Crippen LogP contribution in [0, 0.1) is 12.3 Å². The maximum atomic E-state index is 7.39. The lowest BCUT2D eigenvalue weighted by molar-refractivity contribution is 1.11. The number of hydrogen-bond acceptors (Lipinski definition) is 2. The minimum absolute atomic E-state index is 0.0770. The van der Waals surface area contributed by atoms with Crippen LogP contribution in [0.5, 0.6) is 0 Å². The van der Waals surface area contributed by atoms with E-state index in [-0.39, 0.29) is 5.84 Å². The monoisotopic (exact) mass is 270 g/mol. The van der Waals surface area contributed by atoms with Gasteiger partial charge in [-0.25, -0.2) is 4.98 Å². The van der Waals surface area contributed by atoms with Crippen LogP contribution in [0.3, 0.4) is 0 Å². The summed E-state index contributed by atoms with van der Waals surface area (Å²) in [6.45, 7) is 1.98. The highest BCUT2D eigenvalue weighted by Crippen LogP contribution is 2.55. The van der Waals surface area contributed by atoms with E-state index in [1.165, 1.54) is 0 Å². The van der Waals surface area contributed by atoms with Gasteiger partial charge in [0.25, 0.3) is 0 Å². The van der Waals surface area contributed by atoms with Gasteiger partial charge < -0.3 is 5.73 Å². The third-order valence-corrected chi connectivity index (χ3v) is 4.69. The Balaban J connectivity index is 2.70. The van der Waals surface area contributed by atoms with Gasteiger partial charge in [0.15, 0.2) is 0 Å². The zero-order valence-corrected chi connectivity index (χ0v) is 12.0. The van der Waals surface area contributed by atoms with Crippen molar-refractivity contribution in [1.82, 2.24) is 9.32 Å². The summed E-state index contributed by atoms with van der Waals surface area (Å²) in [5, 5.41) is 7.39. The van der Waals surface area contributed by atoms with Crippen LogP contribution >= 0.6 is 25.3 Å². The maximum absolute atomic E-state index is 7.39. The third-order valence-electron chi connectivity index (χ3n) is 2.33. The van der Waals surface area contributed by atoms with Crippen LogP contribution in [0.2, 0.25) is 0 Å². The fraction of sp³-hybridized carbons (Fsp3) is 0.111. The van der Waals surface area contributed by atoms with E-state index in [0.29, 0.717) is 5.56 Å². The second-order valence-electron chi connectivity index (χ2n) is 3.47. The van der Waals surface area contributed by atoms with Crippen LogP contribution in [0.25, 0.3) is 11.0 Å². The fourth-order valence-corrected chi connectivity index (χ4v) is 4.19. The molecular formula is C9H13N4P3. The Morgan fingerprint density at radius 2 is 2.19 bits per heavy atom. The van der Waals surface area contributed by atoms with E-state index in [1.54, 1.807) is 0 Å². The van der Waals surface area contributed by atoms with Gasteiger partial charge in [-0.05, 0) is 25.1 Å². The summed E-state index contributed by atoms with van der Waals surface area (Å²) in [6, 6.07) is 5.68. The van der Waals surface area contributed by atoms with Gasteiger partial charge in [-0.3, -0.25) is 9.75 Å². The first-order chi connectivity index (χ1) is 7.50. The van der Waals surface area contributed by atoms with Crippen molar-refractivity contribution in [2.24, 2.45) is 5.73 Å². The first-order valence-electron chi connectivity index (χ1n) is 4.64. The molecule has 2 unspecified atom stereocenters.